The van der Waals surface area contributed by atoms with Crippen molar-refractivity contribution in [3.05, 3.63) is 0 Å². The Kier molecular flexibility index (Phi) is 3.07. The maximum atomic E-state index is 12.4. The lowest BCUT2D eigenvalue weighted by Crippen LogP contribution is -2.32. The van der Waals surface area contributed by atoms with Gasteiger partial charge in [0.15, 0.2) is 0 Å². The highest BCUT2D eigenvalue weighted by Crippen LogP contribution is 2.44. The summed E-state index contributed by atoms with van der Waals surface area (Å²) in [5.41, 5.74) is 0. The predicted molar refractivity (Wildman–Crippen MR) is 45.1 cm³/mol. The molecule has 1 aliphatic carbocycles. The molecule has 0 radical (unpaired) electrons. The number of halogens is 3. The van der Waals surface area contributed by atoms with Crippen LogP contribution in [0, 0.1) is 5.92 Å². The smallest absolute Gasteiger partial charge is 0.449 e. The van der Waals surface area contributed by atoms with Crippen molar-refractivity contribution >= 4 is 6.98 Å². The fourth-order valence-corrected chi connectivity index (χ4v) is 2.24. The molecule has 4 heteroatoms. The second-order valence-electron chi connectivity index (χ2n) is 3.74. The van der Waals surface area contributed by atoms with Crippen molar-refractivity contribution in [2.75, 3.05) is 0 Å². The van der Waals surface area contributed by atoms with Crippen molar-refractivity contribution in [3.63, 3.8) is 0 Å². The largest absolute Gasteiger partial charge is 0.481 e. The summed E-state index contributed by atoms with van der Waals surface area (Å²) in [4.78, 5) is 0. The molecule has 1 rings (SSSR count). The summed E-state index contributed by atoms with van der Waals surface area (Å²) in [7, 11) is 0. The van der Waals surface area contributed by atoms with E-state index in [1.165, 1.54) is 0 Å². The van der Waals surface area contributed by atoms with Gasteiger partial charge in [-0.25, -0.2) is 0 Å². The molecule has 0 amide bonds. The molecule has 0 N–H and O–H groups in total. The highest BCUT2D eigenvalue weighted by molar-refractivity contribution is 6.60. The zero-order valence-corrected chi connectivity index (χ0v) is 7.40. The maximum absolute atomic E-state index is 12.4. The first-order valence-electron chi connectivity index (χ1n) is 4.75. The van der Waals surface area contributed by atoms with Gasteiger partial charge in [-0.3, -0.25) is 0 Å². The van der Waals surface area contributed by atoms with E-state index in [4.69, 9.17) is 0 Å². The Bertz CT molecular complexity index is 144. The third-order valence-corrected chi connectivity index (χ3v) is 2.98. The van der Waals surface area contributed by atoms with Crippen LogP contribution in [0.5, 0.6) is 0 Å². The van der Waals surface area contributed by atoms with Crippen LogP contribution in [-0.2, 0) is 0 Å². The van der Waals surface area contributed by atoms with E-state index in [1.807, 2.05) is 6.92 Å². The minimum Gasteiger partial charge on any atom is -0.449 e. The highest BCUT2D eigenvalue weighted by atomic mass is 19.4. The molecular formula is C8H15BF3-. The minimum atomic E-state index is -4.58. The Morgan fingerprint density at radius 3 is 2.17 bits per heavy atom. The van der Waals surface area contributed by atoms with Crippen molar-refractivity contribution in [1.82, 2.24) is 0 Å². The molecule has 0 nitrogen and oxygen atoms in total. The van der Waals surface area contributed by atoms with Gasteiger partial charge in [0.1, 0.15) is 0 Å². The van der Waals surface area contributed by atoms with E-state index < -0.39 is 12.8 Å². The molecule has 0 aliphatic heterocycles. The third-order valence-electron chi connectivity index (χ3n) is 2.98. The minimum absolute atomic E-state index is 0.0845. The zero-order chi connectivity index (χ0) is 9.19. The lowest BCUT2D eigenvalue weighted by atomic mass is 9.59. The fourth-order valence-electron chi connectivity index (χ4n) is 2.24. The second-order valence-corrected chi connectivity index (χ2v) is 3.74. The molecule has 0 aromatic heterocycles. The molecule has 2 atom stereocenters. The Balaban J connectivity index is 2.59. The van der Waals surface area contributed by atoms with Gasteiger partial charge < -0.3 is 12.9 Å². The van der Waals surface area contributed by atoms with Crippen LogP contribution in [0.2, 0.25) is 5.82 Å². The zero-order valence-electron chi connectivity index (χ0n) is 7.40. The quantitative estimate of drug-likeness (QED) is 0.565. The lowest BCUT2D eigenvalue weighted by molar-refractivity contribution is 0.285. The van der Waals surface area contributed by atoms with Crippen LogP contribution >= 0.6 is 0 Å². The Morgan fingerprint density at radius 2 is 1.75 bits per heavy atom. The topological polar surface area (TPSA) is 0 Å². The molecule has 12 heavy (non-hydrogen) atoms. The van der Waals surface area contributed by atoms with E-state index >= 15 is 0 Å². The molecule has 0 saturated heterocycles. The summed E-state index contributed by atoms with van der Waals surface area (Å²) >= 11 is 0. The van der Waals surface area contributed by atoms with E-state index in [1.54, 1.807) is 0 Å². The normalized spacial score (nSPS) is 32.0. The van der Waals surface area contributed by atoms with Gasteiger partial charge in [0.2, 0.25) is 0 Å². The molecule has 0 aromatic carbocycles. The van der Waals surface area contributed by atoms with Crippen LogP contribution < -0.4 is 0 Å². The average molecular weight is 179 g/mol. The van der Waals surface area contributed by atoms with Gasteiger partial charge in [0, 0.05) is 0 Å². The molecule has 1 aliphatic rings. The Labute approximate surface area is 71.6 Å². The van der Waals surface area contributed by atoms with Gasteiger partial charge in [-0.05, 0) is 0 Å². The van der Waals surface area contributed by atoms with Crippen LogP contribution in [0.3, 0.4) is 0 Å². The molecular weight excluding hydrogens is 164 g/mol. The first kappa shape index (κ1) is 9.94. The van der Waals surface area contributed by atoms with Crippen LogP contribution in [-0.4, -0.2) is 6.98 Å². The van der Waals surface area contributed by atoms with E-state index in [0.717, 1.165) is 19.3 Å². The Morgan fingerprint density at radius 1 is 1.17 bits per heavy atom. The standard InChI is InChI=1S/C8H15BF3/c1-2-7-5-3-4-6-8(7)9(10,11)12/h7-8H,2-6H2,1H3/q-1. The molecule has 0 aromatic rings. The summed E-state index contributed by atoms with van der Waals surface area (Å²) in [5.74, 6) is -1.04. The van der Waals surface area contributed by atoms with Gasteiger partial charge in [-0.1, -0.05) is 50.8 Å². The van der Waals surface area contributed by atoms with Gasteiger partial charge in [0.25, 0.3) is 0 Å². The van der Waals surface area contributed by atoms with Crippen LogP contribution in [0.1, 0.15) is 39.0 Å². The highest BCUT2D eigenvalue weighted by Gasteiger charge is 2.39. The van der Waals surface area contributed by atoms with Crippen molar-refractivity contribution < 1.29 is 12.9 Å². The molecule has 0 bridgehead atoms. The fraction of sp³-hybridized carbons (Fsp3) is 1.00. The monoisotopic (exact) mass is 179 g/mol. The number of rotatable bonds is 2. The van der Waals surface area contributed by atoms with Gasteiger partial charge in [-0.15, -0.1) is 0 Å². The summed E-state index contributed by atoms with van der Waals surface area (Å²) < 4.78 is 37.3. The first-order valence-corrected chi connectivity index (χ1v) is 4.75. The number of hydrogen-bond acceptors (Lipinski definition) is 0. The predicted octanol–water partition coefficient (Wildman–Crippen LogP) is 3.80. The van der Waals surface area contributed by atoms with E-state index in [2.05, 4.69) is 0 Å². The van der Waals surface area contributed by atoms with Crippen LogP contribution in [0.25, 0.3) is 0 Å². The van der Waals surface area contributed by atoms with Gasteiger partial charge in [-0.2, -0.15) is 0 Å². The molecule has 2 unspecified atom stereocenters. The first-order chi connectivity index (χ1) is 5.55. The third kappa shape index (κ3) is 2.17. The summed E-state index contributed by atoms with van der Waals surface area (Å²) in [5, 5.41) is 0. The average Bonchev–Trinajstić information content (AvgIpc) is 2.03. The van der Waals surface area contributed by atoms with Crippen molar-refractivity contribution in [2.24, 2.45) is 5.92 Å². The molecule has 72 valence electrons. The molecule has 0 heterocycles. The van der Waals surface area contributed by atoms with Gasteiger partial charge in [0.05, 0.1) is 0 Å². The van der Waals surface area contributed by atoms with Crippen LogP contribution in [0.4, 0.5) is 12.9 Å². The summed E-state index contributed by atoms with van der Waals surface area (Å²) in [6.07, 6.45) is 3.60. The van der Waals surface area contributed by atoms with Crippen LogP contribution in [0.15, 0.2) is 0 Å². The van der Waals surface area contributed by atoms with Gasteiger partial charge >= 0.3 is 6.98 Å². The summed E-state index contributed by atoms with van der Waals surface area (Å²) in [6.45, 7) is -2.71. The maximum Gasteiger partial charge on any atom is 0.481 e. The Hall–Kier alpha value is -0.145. The molecule has 0 spiro atoms. The molecule has 1 fully saturated rings. The summed E-state index contributed by atoms with van der Waals surface area (Å²) in [6, 6.07) is 0. The SMILES string of the molecule is CCC1CCCCC1[B-](F)(F)F. The van der Waals surface area contributed by atoms with E-state index in [0.29, 0.717) is 12.8 Å². The second kappa shape index (κ2) is 3.71. The van der Waals surface area contributed by atoms with Crippen molar-refractivity contribution in [1.29, 1.82) is 0 Å². The molecule has 1 saturated carbocycles. The number of hydrogen-bond donors (Lipinski definition) is 0. The van der Waals surface area contributed by atoms with E-state index in [9.17, 15) is 12.9 Å². The van der Waals surface area contributed by atoms with E-state index in [-0.39, 0.29) is 5.92 Å². The van der Waals surface area contributed by atoms with Crippen molar-refractivity contribution in [2.45, 2.75) is 44.8 Å². The van der Waals surface area contributed by atoms with Crippen molar-refractivity contribution in [3.8, 4) is 0 Å². The lowest BCUT2D eigenvalue weighted by Gasteiger charge is -2.37.